The van der Waals surface area contributed by atoms with Crippen molar-refractivity contribution in [3.05, 3.63) is 47.5 Å². The molecule has 0 aliphatic heterocycles. The number of carbonyl (C=O) groups excluding carboxylic acids is 1. The number of carbonyl (C=O) groups is 2. The number of carboxylic acids is 1. The van der Waals surface area contributed by atoms with Crippen molar-refractivity contribution in [2.24, 2.45) is 5.92 Å². The Hall–Kier alpha value is -2.16. The second kappa shape index (κ2) is 5.22. The van der Waals surface area contributed by atoms with Gasteiger partial charge in [0.1, 0.15) is 0 Å². The third-order valence-corrected chi connectivity index (χ3v) is 3.07. The van der Waals surface area contributed by atoms with Crippen LogP contribution in [0.4, 0.5) is 0 Å². The van der Waals surface area contributed by atoms with Crippen molar-refractivity contribution in [2.45, 2.75) is 20.3 Å². The van der Waals surface area contributed by atoms with Crippen LogP contribution in [-0.4, -0.2) is 16.9 Å². The molecule has 0 aliphatic carbocycles. The summed E-state index contributed by atoms with van der Waals surface area (Å²) in [7, 11) is 0. The van der Waals surface area contributed by atoms with E-state index >= 15 is 0 Å². The van der Waals surface area contributed by atoms with E-state index in [9.17, 15) is 9.59 Å². The predicted molar refractivity (Wildman–Crippen MR) is 74.5 cm³/mol. The van der Waals surface area contributed by atoms with Crippen LogP contribution in [0.3, 0.4) is 0 Å². The molecule has 3 heteroatoms. The fraction of sp³-hybridized carbons (Fsp3) is 0.250. The zero-order chi connectivity index (χ0) is 14.0. The number of carboxylic acid groups (broad SMARTS) is 1. The second-order valence-electron chi connectivity index (χ2n) is 4.99. The van der Waals surface area contributed by atoms with Crippen LogP contribution in [0.5, 0.6) is 0 Å². The number of ketones is 1. The Balaban J connectivity index is 2.40. The van der Waals surface area contributed by atoms with Crippen molar-refractivity contribution in [3.63, 3.8) is 0 Å². The van der Waals surface area contributed by atoms with Crippen molar-refractivity contribution in [1.29, 1.82) is 0 Å². The lowest BCUT2D eigenvalue weighted by Gasteiger charge is -2.07. The minimum atomic E-state index is -0.842. The SMILES string of the molecule is CC(C)C(=O)c1ccc2cc(CC(=O)O)ccc2c1. The van der Waals surface area contributed by atoms with Gasteiger partial charge in [-0.1, -0.05) is 44.2 Å². The zero-order valence-corrected chi connectivity index (χ0v) is 11.0. The number of aliphatic carboxylic acids is 1. The minimum Gasteiger partial charge on any atom is -0.481 e. The van der Waals surface area contributed by atoms with Gasteiger partial charge in [0.15, 0.2) is 5.78 Å². The molecule has 0 aromatic heterocycles. The molecule has 0 fully saturated rings. The first-order valence-electron chi connectivity index (χ1n) is 6.26. The summed E-state index contributed by atoms with van der Waals surface area (Å²) < 4.78 is 0. The van der Waals surface area contributed by atoms with Gasteiger partial charge in [0.05, 0.1) is 6.42 Å². The van der Waals surface area contributed by atoms with Crippen molar-refractivity contribution >= 4 is 22.5 Å². The minimum absolute atomic E-state index is 0.0165. The van der Waals surface area contributed by atoms with E-state index in [1.54, 1.807) is 12.1 Å². The van der Waals surface area contributed by atoms with Gasteiger partial charge in [0.25, 0.3) is 0 Å². The molecular weight excluding hydrogens is 240 g/mol. The van der Waals surface area contributed by atoms with E-state index < -0.39 is 5.97 Å². The Labute approximate surface area is 111 Å². The van der Waals surface area contributed by atoms with Crippen LogP contribution in [0, 0.1) is 5.92 Å². The third-order valence-electron chi connectivity index (χ3n) is 3.07. The molecule has 0 aliphatic rings. The third kappa shape index (κ3) is 2.99. The monoisotopic (exact) mass is 256 g/mol. The standard InChI is InChI=1S/C16H16O3/c1-10(2)16(19)14-6-5-12-7-11(8-15(17)18)3-4-13(12)9-14/h3-7,9-10H,8H2,1-2H3,(H,17,18). The molecule has 3 nitrogen and oxygen atoms in total. The molecule has 19 heavy (non-hydrogen) atoms. The van der Waals surface area contributed by atoms with Gasteiger partial charge in [-0.2, -0.15) is 0 Å². The average Bonchev–Trinajstić information content (AvgIpc) is 2.36. The van der Waals surface area contributed by atoms with Gasteiger partial charge in [-0.15, -0.1) is 0 Å². The quantitative estimate of drug-likeness (QED) is 0.854. The summed E-state index contributed by atoms with van der Waals surface area (Å²) in [6, 6.07) is 11.0. The molecule has 0 atom stereocenters. The van der Waals surface area contributed by atoms with Gasteiger partial charge in [0.2, 0.25) is 0 Å². The maximum atomic E-state index is 11.9. The molecule has 2 rings (SSSR count). The van der Waals surface area contributed by atoms with Crippen molar-refractivity contribution < 1.29 is 14.7 Å². The topological polar surface area (TPSA) is 54.4 Å². The lowest BCUT2D eigenvalue weighted by molar-refractivity contribution is -0.136. The smallest absolute Gasteiger partial charge is 0.307 e. The van der Waals surface area contributed by atoms with Crippen LogP contribution in [0.25, 0.3) is 10.8 Å². The Morgan fingerprint density at radius 2 is 1.68 bits per heavy atom. The first-order valence-corrected chi connectivity index (χ1v) is 6.26. The van der Waals surface area contributed by atoms with Crippen LogP contribution >= 0.6 is 0 Å². The number of rotatable bonds is 4. The van der Waals surface area contributed by atoms with E-state index in [4.69, 9.17) is 5.11 Å². The molecule has 0 saturated heterocycles. The molecule has 1 N–H and O–H groups in total. The van der Waals surface area contributed by atoms with Crippen LogP contribution in [0.2, 0.25) is 0 Å². The lowest BCUT2D eigenvalue weighted by atomic mass is 9.97. The van der Waals surface area contributed by atoms with Crippen LogP contribution < -0.4 is 0 Å². The Morgan fingerprint density at radius 1 is 1.05 bits per heavy atom. The summed E-state index contributed by atoms with van der Waals surface area (Å²) in [4.78, 5) is 22.6. The van der Waals surface area contributed by atoms with Gasteiger partial charge in [-0.05, 0) is 22.4 Å². The fourth-order valence-electron chi connectivity index (χ4n) is 2.07. The van der Waals surface area contributed by atoms with E-state index in [1.807, 2.05) is 38.1 Å². The van der Waals surface area contributed by atoms with E-state index in [0.29, 0.717) is 5.56 Å². The fourth-order valence-corrected chi connectivity index (χ4v) is 2.07. The summed E-state index contributed by atoms with van der Waals surface area (Å²) in [5.74, 6) is -0.744. The number of hydrogen-bond donors (Lipinski definition) is 1. The molecule has 2 aromatic rings. The number of hydrogen-bond acceptors (Lipinski definition) is 2. The van der Waals surface area contributed by atoms with E-state index in [1.165, 1.54) is 0 Å². The first-order chi connectivity index (χ1) is 8.97. The van der Waals surface area contributed by atoms with Gasteiger partial charge < -0.3 is 5.11 Å². The maximum Gasteiger partial charge on any atom is 0.307 e. The molecule has 0 spiro atoms. The highest BCUT2D eigenvalue weighted by molar-refractivity contribution is 6.01. The van der Waals surface area contributed by atoms with Crippen molar-refractivity contribution in [2.75, 3.05) is 0 Å². The molecule has 0 radical (unpaired) electrons. The Bertz CT molecular complexity index is 641. The number of fused-ring (bicyclic) bond motifs is 1. The highest BCUT2D eigenvalue weighted by Gasteiger charge is 2.11. The van der Waals surface area contributed by atoms with Crippen LogP contribution in [0.1, 0.15) is 29.8 Å². The van der Waals surface area contributed by atoms with Gasteiger partial charge in [-0.3, -0.25) is 9.59 Å². The first kappa shape index (κ1) is 13.3. The van der Waals surface area contributed by atoms with Gasteiger partial charge >= 0.3 is 5.97 Å². The molecule has 0 heterocycles. The van der Waals surface area contributed by atoms with Crippen LogP contribution in [0.15, 0.2) is 36.4 Å². The number of benzene rings is 2. The molecule has 0 bridgehead atoms. The molecular formula is C16H16O3. The Morgan fingerprint density at radius 3 is 2.32 bits per heavy atom. The summed E-state index contributed by atoms with van der Waals surface area (Å²) in [5, 5.41) is 10.7. The second-order valence-corrected chi connectivity index (χ2v) is 4.99. The zero-order valence-electron chi connectivity index (χ0n) is 11.0. The van der Waals surface area contributed by atoms with Crippen LogP contribution in [-0.2, 0) is 11.2 Å². The van der Waals surface area contributed by atoms with E-state index in [2.05, 4.69) is 0 Å². The van der Waals surface area contributed by atoms with E-state index in [-0.39, 0.29) is 18.1 Å². The summed E-state index contributed by atoms with van der Waals surface area (Å²) in [5.41, 5.74) is 1.47. The molecule has 0 unspecified atom stereocenters. The largest absolute Gasteiger partial charge is 0.481 e. The lowest BCUT2D eigenvalue weighted by Crippen LogP contribution is -2.07. The Kier molecular flexibility index (Phi) is 3.65. The van der Waals surface area contributed by atoms with Gasteiger partial charge in [0, 0.05) is 11.5 Å². The highest BCUT2D eigenvalue weighted by atomic mass is 16.4. The summed E-state index contributed by atoms with van der Waals surface area (Å²) in [6.07, 6.45) is 0.0165. The van der Waals surface area contributed by atoms with E-state index in [0.717, 1.165) is 16.3 Å². The molecule has 0 amide bonds. The summed E-state index contributed by atoms with van der Waals surface area (Å²) in [6.45, 7) is 3.75. The average molecular weight is 256 g/mol. The van der Waals surface area contributed by atoms with Crippen molar-refractivity contribution in [3.8, 4) is 0 Å². The van der Waals surface area contributed by atoms with Gasteiger partial charge in [-0.25, -0.2) is 0 Å². The molecule has 98 valence electrons. The predicted octanol–water partition coefficient (Wildman–Crippen LogP) is 3.31. The normalized spacial score (nSPS) is 10.9. The molecule has 0 saturated carbocycles. The molecule has 2 aromatic carbocycles. The maximum absolute atomic E-state index is 11.9. The number of Topliss-reactive ketones (excluding diaryl/α,β-unsaturated/α-hetero) is 1. The highest BCUT2D eigenvalue weighted by Crippen LogP contribution is 2.20. The van der Waals surface area contributed by atoms with Crippen molar-refractivity contribution in [1.82, 2.24) is 0 Å². The summed E-state index contributed by atoms with van der Waals surface area (Å²) >= 11 is 0.